The highest BCUT2D eigenvalue weighted by atomic mass is 32.2. The predicted octanol–water partition coefficient (Wildman–Crippen LogP) is 3.94. The zero-order valence-electron chi connectivity index (χ0n) is 16.3. The molecule has 3 rings (SSSR count). The minimum Gasteiger partial charge on any atom is -0.497 e. The van der Waals surface area contributed by atoms with Crippen molar-refractivity contribution in [3.63, 3.8) is 0 Å². The van der Waals surface area contributed by atoms with E-state index in [-0.39, 0.29) is 17.7 Å². The third-order valence-corrected chi connectivity index (χ3v) is 5.37. The zero-order valence-corrected chi connectivity index (χ0v) is 17.1. The van der Waals surface area contributed by atoms with Crippen LogP contribution in [-0.2, 0) is 4.79 Å². The van der Waals surface area contributed by atoms with Gasteiger partial charge in [0.15, 0.2) is 5.16 Å². The number of thioether (sulfide) groups is 1. The first-order chi connectivity index (χ1) is 13.6. The predicted molar refractivity (Wildman–Crippen MR) is 111 cm³/mol. The molecule has 0 spiro atoms. The fourth-order valence-electron chi connectivity index (χ4n) is 2.83. The zero-order chi connectivity index (χ0) is 19.9. The second-order valence-electron chi connectivity index (χ2n) is 6.41. The number of nitrogens with one attached hydrogen (secondary N) is 1. The standard InChI is InChI=1S/C21H24N4O2S/c1-4-19(16-7-5-15(2)6-8-16)23-20(26)13-28-21-24-22-14-25(21)17-9-11-18(27-3)12-10-17/h5-12,14,19H,4,13H2,1-3H3,(H,23,26). The molecule has 146 valence electrons. The molecule has 1 unspecified atom stereocenters. The molecule has 6 nitrogen and oxygen atoms in total. The molecule has 0 saturated heterocycles. The number of aromatic nitrogens is 3. The number of hydrogen-bond acceptors (Lipinski definition) is 5. The molecular formula is C21H24N4O2S. The summed E-state index contributed by atoms with van der Waals surface area (Å²) in [6.07, 6.45) is 2.48. The van der Waals surface area contributed by atoms with E-state index in [1.807, 2.05) is 28.8 Å². The maximum atomic E-state index is 12.5. The molecular weight excluding hydrogens is 372 g/mol. The van der Waals surface area contributed by atoms with Crippen LogP contribution in [0.3, 0.4) is 0 Å². The lowest BCUT2D eigenvalue weighted by molar-refractivity contribution is -0.119. The van der Waals surface area contributed by atoms with Gasteiger partial charge >= 0.3 is 0 Å². The molecule has 0 aliphatic carbocycles. The maximum Gasteiger partial charge on any atom is 0.230 e. The van der Waals surface area contributed by atoms with Crippen molar-refractivity contribution in [3.05, 3.63) is 66.0 Å². The first-order valence-corrected chi connectivity index (χ1v) is 10.1. The van der Waals surface area contributed by atoms with Gasteiger partial charge in [0.1, 0.15) is 12.1 Å². The highest BCUT2D eigenvalue weighted by Gasteiger charge is 2.15. The Bertz CT molecular complexity index is 907. The Hall–Kier alpha value is -2.80. The van der Waals surface area contributed by atoms with E-state index in [4.69, 9.17) is 4.74 Å². The normalized spacial score (nSPS) is 11.8. The molecule has 2 aromatic carbocycles. The van der Waals surface area contributed by atoms with Crippen LogP contribution in [0.25, 0.3) is 5.69 Å². The summed E-state index contributed by atoms with van der Waals surface area (Å²) in [5.74, 6) is 1.03. The van der Waals surface area contributed by atoms with Crippen molar-refractivity contribution in [1.29, 1.82) is 0 Å². The van der Waals surface area contributed by atoms with Gasteiger partial charge in [-0.2, -0.15) is 0 Å². The fourth-order valence-corrected chi connectivity index (χ4v) is 3.57. The summed E-state index contributed by atoms with van der Waals surface area (Å²) in [4.78, 5) is 12.5. The Morgan fingerprint density at radius 1 is 1.18 bits per heavy atom. The molecule has 0 aliphatic heterocycles. The highest BCUT2D eigenvalue weighted by Crippen LogP contribution is 2.22. The average Bonchev–Trinajstić information content (AvgIpc) is 3.20. The molecule has 7 heteroatoms. The molecule has 0 radical (unpaired) electrons. The molecule has 1 heterocycles. The van der Waals surface area contributed by atoms with Crippen LogP contribution in [-0.4, -0.2) is 33.5 Å². The van der Waals surface area contributed by atoms with Gasteiger partial charge in [-0.05, 0) is 43.2 Å². The largest absolute Gasteiger partial charge is 0.497 e. The van der Waals surface area contributed by atoms with Crippen molar-refractivity contribution in [1.82, 2.24) is 20.1 Å². The number of methoxy groups -OCH3 is 1. The molecule has 1 amide bonds. The van der Waals surface area contributed by atoms with Crippen molar-refractivity contribution in [2.75, 3.05) is 12.9 Å². The topological polar surface area (TPSA) is 69.0 Å². The first-order valence-electron chi connectivity index (χ1n) is 9.14. The number of carbonyl (C=O) groups is 1. The summed E-state index contributed by atoms with van der Waals surface area (Å²) in [6.45, 7) is 4.12. The number of nitrogens with zero attached hydrogens (tertiary/aromatic N) is 3. The van der Waals surface area contributed by atoms with E-state index in [9.17, 15) is 4.79 Å². The number of hydrogen-bond donors (Lipinski definition) is 1. The molecule has 0 aliphatic rings. The lowest BCUT2D eigenvalue weighted by atomic mass is 10.0. The van der Waals surface area contributed by atoms with Crippen LogP contribution >= 0.6 is 11.8 Å². The quantitative estimate of drug-likeness (QED) is 0.584. The van der Waals surface area contributed by atoms with Crippen LogP contribution in [0.5, 0.6) is 5.75 Å². The van der Waals surface area contributed by atoms with Crippen LogP contribution in [0, 0.1) is 6.92 Å². The number of rotatable bonds is 8. The van der Waals surface area contributed by atoms with E-state index < -0.39 is 0 Å². The fraction of sp³-hybridized carbons (Fsp3) is 0.286. The Balaban J connectivity index is 1.61. The Kier molecular flexibility index (Phi) is 6.71. The number of benzene rings is 2. The maximum absolute atomic E-state index is 12.5. The van der Waals surface area contributed by atoms with Gasteiger partial charge in [-0.15, -0.1) is 10.2 Å². The lowest BCUT2D eigenvalue weighted by Gasteiger charge is -2.17. The molecule has 3 aromatic rings. The van der Waals surface area contributed by atoms with E-state index in [1.54, 1.807) is 13.4 Å². The number of aryl methyl sites for hydroxylation is 1. The minimum absolute atomic E-state index is 0.00755. The van der Waals surface area contributed by atoms with Gasteiger partial charge < -0.3 is 10.1 Å². The van der Waals surface area contributed by atoms with Crippen LogP contribution < -0.4 is 10.1 Å². The second kappa shape index (κ2) is 9.41. The summed E-state index contributed by atoms with van der Waals surface area (Å²) >= 11 is 1.36. The average molecular weight is 397 g/mol. The first kappa shape index (κ1) is 19.9. The van der Waals surface area contributed by atoms with Gasteiger partial charge in [0, 0.05) is 5.69 Å². The van der Waals surface area contributed by atoms with E-state index in [0.29, 0.717) is 5.16 Å². The van der Waals surface area contributed by atoms with Crippen LogP contribution in [0.4, 0.5) is 0 Å². The van der Waals surface area contributed by atoms with Crippen LogP contribution in [0.2, 0.25) is 0 Å². The van der Waals surface area contributed by atoms with Crippen molar-refractivity contribution in [3.8, 4) is 11.4 Å². The van der Waals surface area contributed by atoms with Gasteiger partial charge in [-0.25, -0.2) is 0 Å². The third kappa shape index (κ3) is 4.92. The van der Waals surface area contributed by atoms with Gasteiger partial charge in [0.25, 0.3) is 0 Å². The number of ether oxygens (including phenoxy) is 1. The lowest BCUT2D eigenvalue weighted by Crippen LogP contribution is -2.29. The molecule has 28 heavy (non-hydrogen) atoms. The molecule has 1 aromatic heterocycles. The molecule has 1 atom stereocenters. The molecule has 0 fully saturated rings. The number of carbonyl (C=O) groups excluding carboxylic acids is 1. The Morgan fingerprint density at radius 2 is 1.89 bits per heavy atom. The van der Waals surface area contributed by atoms with Crippen molar-refractivity contribution < 1.29 is 9.53 Å². The van der Waals surface area contributed by atoms with Crippen molar-refractivity contribution in [2.45, 2.75) is 31.5 Å². The monoisotopic (exact) mass is 396 g/mol. The van der Waals surface area contributed by atoms with Crippen LogP contribution in [0.1, 0.15) is 30.5 Å². The van der Waals surface area contributed by atoms with Gasteiger partial charge in [0.05, 0.1) is 18.9 Å². The SMILES string of the molecule is CCC(NC(=O)CSc1nncn1-c1ccc(OC)cc1)c1ccc(C)cc1. The van der Waals surface area contributed by atoms with Crippen LogP contribution in [0.15, 0.2) is 60.0 Å². The van der Waals surface area contributed by atoms with E-state index >= 15 is 0 Å². The number of amides is 1. The highest BCUT2D eigenvalue weighted by molar-refractivity contribution is 7.99. The summed E-state index contributed by atoms with van der Waals surface area (Å²) in [6, 6.07) is 15.9. The van der Waals surface area contributed by atoms with E-state index in [2.05, 4.69) is 53.6 Å². The summed E-state index contributed by atoms with van der Waals surface area (Å²) in [5.41, 5.74) is 3.24. The van der Waals surface area contributed by atoms with Gasteiger partial charge in [-0.3, -0.25) is 9.36 Å². The summed E-state index contributed by atoms with van der Waals surface area (Å²) < 4.78 is 7.04. The van der Waals surface area contributed by atoms with Gasteiger partial charge in [-0.1, -0.05) is 48.5 Å². The summed E-state index contributed by atoms with van der Waals surface area (Å²) in [7, 11) is 1.63. The smallest absolute Gasteiger partial charge is 0.230 e. The summed E-state index contributed by atoms with van der Waals surface area (Å²) in [5, 5.41) is 11.9. The second-order valence-corrected chi connectivity index (χ2v) is 7.35. The van der Waals surface area contributed by atoms with Crippen molar-refractivity contribution in [2.24, 2.45) is 0 Å². The molecule has 0 saturated carbocycles. The molecule has 0 bridgehead atoms. The third-order valence-electron chi connectivity index (χ3n) is 4.42. The van der Waals surface area contributed by atoms with E-state index in [1.165, 1.54) is 17.3 Å². The Morgan fingerprint density at radius 3 is 2.54 bits per heavy atom. The minimum atomic E-state index is -0.0262. The van der Waals surface area contributed by atoms with Crippen molar-refractivity contribution >= 4 is 17.7 Å². The van der Waals surface area contributed by atoms with Gasteiger partial charge in [0.2, 0.25) is 5.91 Å². The van der Waals surface area contributed by atoms with E-state index in [0.717, 1.165) is 23.4 Å². The molecule has 1 N–H and O–H groups in total. The Labute approximate surface area is 169 Å².